The minimum atomic E-state index is -0.0692. The number of nitrogens with zero attached hydrogens (tertiary/aromatic N) is 1. The first-order valence-corrected chi connectivity index (χ1v) is 7.22. The summed E-state index contributed by atoms with van der Waals surface area (Å²) in [7, 11) is 0. The number of hydrogen-bond acceptors (Lipinski definition) is 3. The van der Waals surface area contributed by atoms with E-state index in [0.29, 0.717) is 25.6 Å². The van der Waals surface area contributed by atoms with Crippen molar-refractivity contribution in [2.24, 2.45) is 11.8 Å². The molecule has 0 aliphatic carbocycles. The van der Waals surface area contributed by atoms with Crippen LogP contribution in [0.3, 0.4) is 0 Å². The Kier molecular flexibility index (Phi) is 6.84. The van der Waals surface area contributed by atoms with Gasteiger partial charge in [-0.1, -0.05) is 13.3 Å². The number of amides is 2. The van der Waals surface area contributed by atoms with Crippen molar-refractivity contribution in [3.63, 3.8) is 0 Å². The van der Waals surface area contributed by atoms with Crippen molar-refractivity contribution < 1.29 is 14.7 Å². The van der Waals surface area contributed by atoms with Gasteiger partial charge in [-0.15, -0.1) is 0 Å². The van der Waals surface area contributed by atoms with Crippen molar-refractivity contribution in [2.45, 2.75) is 39.5 Å². The number of nitrogens with one attached hydrogen (secondary N) is 1. The van der Waals surface area contributed by atoms with Crippen LogP contribution in [0.2, 0.25) is 0 Å². The van der Waals surface area contributed by atoms with Crippen LogP contribution >= 0.6 is 0 Å². The second-order valence-electron chi connectivity index (χ2n) is 5.36. The summed E-state index contributed by atoms with van der Waals surface area (Å²) in [4.78, 5) is 25.0. The molecular weight excluding hydrogens is 244 g/mol. The van der Waals surface area contributed by atoms with Gasteiger partial charge in [0.1, 0.15) is 0 Å². The van der Waals surface area contributed by atoms with Gasteiger partial charge in [0.25, 0.3) is 0 Å². The molecule has 0 aromatic rings. The summed E-state index contributed by atoms with van der Waals surface area (Å²) in [6.45, 7) is 5.67. The van der Waals surface area contributed by atoms with E-state index in [0.717, 1.165) is 25.7 Å². The molecule has 0 aromatic carbocycles. The Morgan fingerprint density at radius 2 is 2.16 bits per heavy atom. The average molecular weight is 270 g/mol. The van der Waals surface area contributed by atoms with Crippen LogP contribution < -0.4 is 5.32 Å². The molecule has 0 radical (unpaired) electrons. The Morgan fingerprint density at radius 1 is 1.42 bits per heavy atom. The molecule has 1 heterocycles. The molecule has 0 aromatic heterocycles. The lowest BCUT2D eigenvalue weighted by molar-refractivity contribution is -0.128. The summed E-state index contributed by atoms with van der Waals surface area (Å²) in [6.07, 6.45) is 3.56. The van der Waals surface area contributed by atoms with Crippen molar-refractivity contribution in [1.29, 1.82) is 0 Å². The Balaban J connectivity index is 2.32. The van der Waals surface area contributed by atoms with Gasteiger partial charge in [-0.25, -0.2) is 0 Å². The molecule has 1 saturated heterocycles. The lowest BCUT2D eigenvalue weighted by Gasteiger charge is -2.18. The summed E-state index contributed by atoms with van der Waals surface area (Å²) < 4.78 is 0. The highest BCUT2D eigenvalue weighted by atomic mass is 16.3. The average Bonchev–Trinajstić information content (AvgIpc) is 2.86. The molecule has 5 heteroatoms. The molecule has 2 amide bonds. The monoisotopic (exact) mass is 270 g/mol. The van der Waals surface area contributed by atoms with Crippen molar-refractivity contribution in [3.8, 4) is 0 Å². The van der Waals surface area contributed by atoms with E-state index in [1.165, 1.54) is 0 Å². The predicted molar refractivity (Wildman–Crippen MR) is 73.5 cm³/mol. The first kappa shape index (κ1) is 16.0. The van der Waals surface area contributed by atoms with E-state index in [4.69, 9.17) is 5.11 Å². The number of carbonyl (C=O) groups is 2. The number of aliphatic hydroxyl groups is 1. The van der Waals surface area contributed by atoms with Gasteiger partial charge in [-0.2, -0.15) is 0 Å². The van der Waals surface area contributed by atoms with E-state index in [9.17, 15) is 9.59 Å². The van der Waals surface area contributed by atoms with Crippen LogP contribution in [-0.2, 0) is 9.59 Å². The van der Waals surface area contributed by atoms with E-state index in [-0.39, 0.29) is 24.3 Å². The van der Waals surface area contributed by atoms with Gasteiger partial charge < -0.3 is 15.3 Å². The number of aliphatic hydroxyl groups excluding tert-OH is 1. The zero-order valence-corrected chi connectivity index (χ0v) is 12.0. The van der Waals surface area contributed by atoms with E-state index in [1.807, 2.05) is 0 Å². The maximum Gasteiger partial charge on any atom is 0.224 e. The fraction of sp³-hybridized carbons (Fsp3) is 0.857. The summed E-state index contributed by atoms with van der Waals surface area (Å²) in [6, 6.07) is 0. The summed E-state index contributed by atoms with van der Waals surface area (Å²) >= 11 is 0. The third kappa shape index (κ3) is 5.19. The first-order chi connectivity index (χ1) is 9.08. The molecule has 2 unspecified atom stereocenters. The van der Waals surface area contributed by atoms with Crippen LogP contribution in [0.4, 0.5) is 0 Å². The van der Waals surface area contributed by atoms with Gasteiger partial charge in [0.15, 0.2) is 0 Å². The molecule has 19 heavy (non-hydrogen) atoms. The molecule has 1 aliphatic heterocycles. The van der Waals surface area contributed by atoms with E-state index in [2.05, 4.69) is 12.2 Å². The molecule has 1 aliphatic rings. The van der Waals surface area contributed by atoms with Crippen LogP contribution in [0.1, 0.15) is 39.5 Å². The zero-order valence-electron chi connectivity index (χ0n) is 12.0. The van der Waals surface area contributed by atoms with Crippen molar-refractivity contribution in [2.75, 3.05) is 26.2 Å². The van der Waals surface area contributed by atoms with Gasteiger partial charge >= 0.3 is 0 Å². The minimum absolute atomic E-state index is 0.0411. The van der Waals surface area contributed by atoms with Crippen LogP contribution in [0.15, 0.2) is 0 Å². The quantitative estimate of drug-likeness (QED) is 0.718. The molecule has 110 valence electrons. The Labute approximate surface area is 115 Å². The molecule has 5 nitrogen and oxygen atoms in total. The van der Waals surface area contributed by atoms with E-state index in [1.54, 1.807) is 11.8 Å². The molecular formula is C14H26N2O3. The Morgan fingerprint density at radius 3 is 2.68 bits per heavy atom. The van der Waals surface area contributed by atoms with Crippen molar-refractivity contribution in [1.82, 2.24) is 10.2 Å². The lowest BCUT2D eigenvalue weighted by atomic mass is 9.99. The highest BCUT2D eigenvalue weighted by molar-refractivity contribution is 5.81. The van der Waals surface area contributed by atoms with Gasteiger partial charge in [-0.3, -0.25) is 9.59 Å². The van der Waals surface area contributed by atoms with Gasteiger partial charge in [0.05, 0.1) is 5.92 Å². The molecule has 0 spiro atoms. The topological polar surface area (TPSA) is 69.6 Å². The zero-order chi connectivity index (χ0) is 14.3. The van der Waals surface area contributed by atoms with Gasteiger partial charge in [0, 0.05) is 33.2 Å². The normalized spacial score (nSPS) is 20.4. The number of carbonyl (C=O) groups excluding carboxylic acids is 2. The van der Waals surface area contributed by atoms with Gasteiger partial charge in [-0.05, 0) is 25.2 Å². The number of rotatable bonds is 7. The Hall–Kier alpha value is -1.10. The van der Waals surface area contributed by atoms with E-state index < -0.39 is 0 Å². The maximum atomic E-state index is 12.0. The highest BCUT2D eigenvalue weighted by Crippen LogP contribution is 2.17. The van der Waals surface area contributed by atoms with Crippen LogP contribution in [-0.4, -0.2) is 48.1 Å². The van der Waals surface area contributed by atoms with Crippen LogP contribution in [0.5, 0.6) is 0 Å². The van der Waals surface area contributed by atoms with Gasteiger partial charge in [0.2, 0.25) is 11.8 Å². The fourth-order valence-electron chi connectivity index (χ4n) is 2.59. The number of likely N-dealkylation sites (tertiary alicyclic amines) is 1. The smallest absolute Gasteiger partial charge is 0.224 e. The largest absolute Gasteiger partial charge is 0.396 e. The summed E-state index contributed by atoms with van der Waals surface area (Å²) in [5.74, 6) is 0.367. The van der Waals surface area contributed by atoms with E-state index >= 15 is 0 Å². The third-order valence-corrected chi connectivity index (χ3v) is 3.80. The van der Waals surface area contributed by atoms with Crippen LogP contribution in [0, 0.1) is 11.8 Å². The maximum absolute atomic E-state index is 12.0. The molecule has 0 saturated carbocycles. The highest BCUT2D eigenvalue weighted by Gasteiger charge is 2.29. The number of hydrogen-bond donors (Lipinski definition) is 2. The SMILES string of the molecule is CCCC(CCO)CNC(=O)C1CCN(C(C)=O)C1. The standard InChI is InChI=1S/C14H26N2O3/c1-3-4-12(6-8-17)9-15-14(19)13-5-7-16(10-13)11(2)18/h12-13,17H,3-10H2,1-2H3,(H,15,19). The van der Waals surface area contributed by atoms with Crippen molar-refractivity contribution in [3.05, 3.63) is 0 Å². The summed E-state index contributed by atoms with van der Waals surface area (Å²) in [5, 5.41) is 11.9. The second-order valence-corrected chi connectivity index (χ2v) is 5.36. The molecule has 1 rings (SSSR count). The second kappa shape index (κ2) is 8.15. The molecule has 1 fully saturated rings. The van der Waals surface area contributed by atoms with Crippen molar-refractivity contribution >= 4 is 11.8 Å². The first-order valence-electron chi connectivity index (χ1n) is 7.22. The van der Waals surface area contributed by atoms with Crippen LogP contribution in [0.25, 0.3) is 0 Å². The molecule has 2 atom stereocenters. The Bertz CT molecular complexity index is 301. The molecule has 2 N–H and O–H groups in total. The minimum Gasteiger partial charge on any atom is -0.396 e. The molecule has 0 bridgehead atoms. The lowest BCUT2D eigenvalue weighted by Crippen LogP contribution is -2.36. The summed E-state index contributed by atoms with van der Waals surface area (Å²) in [5.41, 5.74) is 0. The predicted octanol–water partition coefficient (Wildman–Crippen LogP) is 0.770. The fourth-order valence-corrected chi connectivity index (χ4v) is 2.59. The third-order valence-electron chi connectivity index (χ3n) is 3.80.